The summed E-state index contributed by atoms with van der Waals surface area (Å²) in [5.41, 5.74) is 1.65. The number of ether oxygens (including phenoxy) is 1. The third-order valence-electron chi connectivity index (χ3n) is 3.81. The number of rotatable bonds is 4. The quantitative estimate of drug-likeness (QED) is 0.908. The summed E-state index contributed by atoms with van der Waals surface area (Å²) in [6.07, 6.45) is 2.59. The first kappa shape index (κ1) is 14.6. The number of aliphatic hydroxyl groups excluding tert-OH is 1. The molecule has 0 bridgehead atoms. The van der Waals surface area contributed by atoms with Crippen molar-refractivity contribution < 1.29 is 9.84 Å². The highest BCUT2D eigenvalue weighted by Crippen LogP contribution is 2.20. The first-order valence-electron chi connectivity index (χ1n) is 7.19. The van der Waals surface area contributed by atoms with Gasteiger partial charge in [-0.1, -0.05) is 18.2 Å². The number of aryl methyl sites for hydroxylation is 1. The van der Waals surface area contributed by atoms with Gasteiger partial charge in [-0.15, -0.1) is 0 Å². The zero-order valence-corrected chi connectivity index (χ0v) is 12.4. The van der Waals surface area contributed by atoms with Crippen molar-refractivity contribution in [3.05, 3.63) is 47.8 Å². The predicted molar refractivity (Wildman–Crippen MR) is 80.1 cm³/mol. The summed E-state index contributed by atoms with van der Waals surface area (Å²) in [4.78, 5) is 2.10. The highest BCUT2D eigenvalue weighted by Gasteiger charge is 2.33. The Hall–Kier alpha value is -2.36. The Balaban J connectivity index is 1.64. The molecule has 6 nitrogen and oxygen atoms in total. The highest BCUT2D eigenvalue weighted by molar-refractivity contribution is 5.37. The molecular formula is C16H18N4O2. The van der Waals surface area contributed by atoms with Gasteiger partial charge in [0.05, 0.1) is 24.0 Å². The van der Waals surface area contributed by atoms with Gasteiger partial charge in [0.15, 0.2) is 5.75 Å². The largest absolute Gasteiger partial charge is 0.483 e. The van der Waals surface area contributed by atoms with Crippen molar-refractivity contribution in [2.75, 3.05) is 13.1 Å². The molecule has 1 fully saturated rings. The van der Waals surface area contributed by atoms with Crippen LogP contribution in [0, 0.1) is 11.3 Å². The number of aliphatic hydroxyl groups is 1. The maximum atomic E-state index is 10.2. The molecule has 1 aromatic carbocycles. The van der Waals surface area contributed by atoms with Gasteiger partial charge in [-0.25, -0.2) is 0 Å². The molecule has 1 aliphatic heterocycles. The van der Waals surface area contributed by atoms with Crippen molar-refractivity contribution in [1.29, 1.82) is 5.26 Å². The number of nitriles is 1. The summed E-state index contributed by atoms with van der Waals surface area (Å²) < 4.78 is 7.46. The fourth-order valence-corrected chi connectivity index (χ4v) is 2.72. The minimum Gasteiger partial charge on any atom is -0.483 e. The van der Waals surface area contributed by atoms with Crippen LogP contribution in [0.15, 0.2) is 36.7 Å². The molecule has 2 heterocycles. The van der Waals surface area contributed by atoms with Crippen molar-refractivity contribution in [3.8, 4) is 11.8 Å². The van der Waals surface area contributed by atoms with E-state index in [-0.39, 0.29) is 6.10 Å². The molecule has 0 unspecified atom stereocenters. The number of benzene rings is 1. The third kappa shape index (κ3) is 3.11. The van der Waals surface area contributed by atoms with Crippen LogP contribution >= 0.6 is 0 Å². The van der Waals surface area contributed by atoms with Crippen LogP contribution in [0.3, 0.4) is 0 Å². The molecule has 0 saturated carbocycles. The molecule has 0 radical (unpaired) electrons. The average molecular weight is 298 g/mol. The normalized spacial score (nSPS) is 21.7. The zero-order chi connectivity index (χ0) is 15.5. The van der Waals surface area contributed by atoms with Crippen molar-refractivity contribution in [2.45, 2.75) is 18.8 Å². The van der Waals surface area contributed by atoms with Gasteiger partial charge < -0.3 is 9.84 Å². The summed E-state index contributed by atoms with van der Waals surface area (Å²) in [5, 5.41) is 23.4. The average Bonchev–Trinajstić information content (AvgIpc) is 3.06. The summed E-state index contributed by atoms with van der Waals surface area (Å²) in [5.74, 6) is 0.658. The smallest absolute Gasteiger partial charge is 0.157 e. The van der Waals surface area contributed by atoms with E-state index in [1.807, 2.05) is 31.3 Å². The minimum atomic E-state index is -0.547. The molecule has 0 amide bonds. The number of likely N-dealkylation sites (tertiary alicyclic amines) is 1. The number of nitrogens with zero attached hydrogens (tertiary/aromatic N) is 4. The van der Waals surface area contributed by atoms with Crippen molar-refractivity contribution in [3.63, 3.8) is 0 Å². The predicted octanol–water partition coefficient (Wildman–Crippen LogP) is 0.916. The topological polar surface area (TPSA) is 74.3 Å². The summed E-state index contributed by atoms with van der Waals surface area (Å²) in [6, 6.07) is 9.74. The molecule has 0 spiro atoms. The number of hydrogen-bond acceptors (Lipinski definition) is 5. The first-order valence-corrected chi connectivity index (χ1v) is 7.19. The molecular weight excluding hydrogens is 280 g/mol. The molecule has 0 aliphatic carbocycles. The lowest BCUT2D eigenvalue weighted by Gasteiger charge is -2.16. The second-order valence-corrected chi connectivity index (χ2v) is 5.54. The van der Waals surface area contributed by atoms with E-state index in [4.69, 9.17) is 10.00 Å². The Bertz CT molecular complexity index is 691. The van der Waals surface area contributed by atoms with Crippen LogP contribution in [-0.2, 0) is 13.6 Å². The van der Waals surface area contributed by atoms with Crippen LogP contribution in [0.2, 0.25) is 0 Å². The molecule has 1 aliphatic rings. The molecule has 1 saturated heterocycles. The van der Waals surface area contributed by atoms with Gasteiger partial charge in [-0.3, -0.25) is 9.58 Å². The van der Waals surface area contributed by atoms with Gasteiger partial charge in [0, 0.05) is 26.7 Å². The molecule has 22 heavy (non-hydrogen) atoms. The van der Waals surface area contributed by atoms with Gasteiger partial charge in [-0.2, -0.15) is 10.4 Å². The maximum absolute atomic E-state index is 10.2. The molecule has 1 aromatic heterocycles. The van der Waals surface area contributed by atoms with Crippen molar-refractivity contribution in [2.24, 2.45) is 7.05 Å². The second-order valence-electron chi connectivity index (χ2n) is 5.54. The lowest BCUT2D eigenvalue weighted by Crippen LogP contribution is -2.29. The standard InChI is InChI=1S/C16H18N4O2/c1-19-9-14(7-18-19)22-16-11-20(10-15(16)21)8-13-5-3-2-4-12(13)6-17/h2-5,7,9,15-16,21H,8,10-11H2,1H3/t15-,16-/m1/s1. The molecule has 2 aromatic rings. The molecule has 2 atom stereocenters. The van der Waals surface area contributed by atoms with Crippen molar-refractivity contribution >= 4 is 0 Å². The lowest BCUT2D eigenvalue weighted by atomic mass is 10.1. The van der Waals surface area contributed by atoms with E-state index in [0.717, 1.165) is 5.56 Å². The molecule has 114 valence electrons. The van der Waals surface area contributed by atoms with Gasteiger partial charge in [0.1, 0.15) is 12.2 Å². The van der Waals surface area contributed by atoms with Crippen molar-refractivity contribution in [1.82, 2.24) is 14.7 Å². The second kappa shape index (κ2) is 6.18. The van der Waals surface area contributed by atoms with Crippen LogP contribution in [0.5, 0.6) is 5.75 Å². The van der Waals surface area contributed by atoms with Crippen LogP contribution in [-0.4, -0.2) is 45.1 Å². The van der Waals surface area contributed by atoms with Gasteiger partial charge in [-0.05, 0) is 11.6 Å². The fourth-order valence-electron chi connectivity index (χ4n) is 2.72. The summed E-state index contributed by atoms with van der Waals surface area (Å²) >= 11 is 0. The van der Waals surface area contributed by atoms with E-state index >= 15 is 0 Å². The number of hydrogen-bond donors (Lipinski definition) is 1. The Labute approximate surface area is 129 Å². The zero-order valence-electron chi connectivity index (χ0n) is 12.4. The SMILES string of the molecule is Cn1cc(O[C@@H]2CN(Cc3ccccc3C#N)C[C@H]2O)cn1. The van der Waals surface area contributed by atoms with E-state index in [1.54, 1.807) is 17.1 Å². The van der Waals surface area contributed by atoms with E-state index < -0.39 is 6.10 Å². The van der Waals surface area contributed by atoms with E-state index in [1.165, 1.54) is 0 Å². The minimum absolute atomic E-state index is 0.279. The molecule has 3 rings (SSSR count). The Morgan fingerprint density at radius 3 is 2.95 bits per heavy atom. The monoisotopic (exact) mass is 298 g/mol. The summed E-state index contributed by atoms with van der Waals surface area (Å²) in [7, 11) is 1.82. The van der Waals surface area contributed by atoms with E-state index in [2.05, 4.69) is 16.1 Å². The summed E-state index contributed by atoms with van der Waals surface area (Å²) in [6.45, 7) is 1.79. The van der Waals surface area contributed by atoms with Gasteiger partial charge in [0.25, 0.3) is 0 Å². The van der Waals surface area contributed by atoms with Crippen LogP contribution in [0.4, 0.5) is 0 Å². The molecule has 1 N–H and O–H groups in total. The Morgan fingerprint density at radius 2 is 2.23 bits per heavy atom. The highest BCUT2D eigenvalue weighted by atomic mass is 16.5. The van der Waals surface area contributed by atoms with Crippen LogP contribution in [0.1, 0.15) is 11.1 Å². The number of aromatic nitrogens is 2. The van der Waals surface area contributed by atoms with Gasteiger partial charge >= 0.3 is 0 Å². The van der Waals surface area contributed by atoms with E-state index in [9.17, 15) is 5.11 Å². The lowest BCUT2D eigenvalue weighted by molar-refractivity contribution is 0.0736. The first-order chi connectivity index (χ1) is 10.7. The number of β-amino-alcohol motifs (C(OH)–C–C–N with tert-alkyl or cyclic N) is 1. The fraction of sp³-hybridized carbons (Fsp3) is 0.375. The van der Waals surface area contributed by atoms with Crippen LogP contribution in [0.25, 0.3) is 0 Å². The van der Waals surface area contributed by atoms with E-state index in [0.29, 0.717) is 30.9 Å². The van der Waals surface area contributed by atoms with Gasteiger partial charge in [0.2, 0.25) is 0 Å². The Morgan fingerprint density at radius 1 is 1.41 bits per heavy atom. The Kier molecular flexibility index (Phi) is 4.09. The third-order valence-corrected chi connectivity index (χ3v) is 3.81. The van der Waals surface area contributed by atoms with Crippen LogP contribution < -0.4 is 4.74 Å². The maximum Gasteiger partial charge on any atom is 0.157 e. The molecule has 6 heteroatoms.